The smallest absolute Gasteiger partial charge is 0.252 e. The molecule has 88 valence electrons. The van der Waals surface area contributed by atoms with E-state index in [1.165, 1.54) is 6.26 Å². The van der Waals surface area contributed by atoms with E-state index in [2.05, 4.69) is 37.6 Å². The van der Waals surface area contributed by atoms with Gasteiger partial charge in [0.1, 0.15) is 12.0 Å². The zero-order valence-corrected chi connectivity index (χ0v) is 11.5. The summed E-state index contributed by atoms with van der Waals surface area (Å²) in [4.78, 5) is 11.9. The minimum absolute atomic E-state index is 0.181. The molecule has 0 atom stereocenters. The van der Waals surface area contributed by atoms with Gasteiger partial charge < -0.3 is 9.84 Å². The number of amides is 1. The molecule has 0 unspecified atom stereocenters. The summed E-state index contributed by atoms with van der Waals surface area (Å²) in [6, 6.07) is 6.89. The number of aromatic nitrogens is 1. The Morgan fingerprint density at radius 2 is 2.29 bits per heavy atom. The molecule has 4 nitrogen and oxygen atoms in total. The number of halogens is 2. The number of hydrogen-bond acceptors (Lipinski definition) is 3. The first-order chi connectivity index (χ1) is 8.16. The van der Waals surface area contributed by atoms with E-state index < -0.39 is 0 Å². The summed E-state index contributed by atoms with van der Waals surface area (Å²) in [6.45, 7) is 0.331. The van der Waals surface area contributed by atoms with Crippen molar-refractivity contribution in [1.82, 2.24) is 10.5 Å². The molecule has 0 aliphatic carbocycles. The maximum Gasteiger partial charge on any atom is 0.252 e. The van der Waals surface area contributed by atoms with Gasteiger partial charge in [0.05, 0.1) is 12.1 Å². The Bertz CT molecular complexity index is 528. The molecule has 1 amide bonds. The van der Waals surface area contributed by atoms with E-state index in [4.69, 9.17) is 11.6 Å². The lowest BCUT2D eigenvalue weighted by Crippen LogP contribution is -2.23. The Morgan fingerprint density at radius 3 is 3.00 bits per heavy atom. The number of carbonyl (C=O) groups is 1. The van der Waals surface area contributed by atoms with Crippen molar-refractivity contribution in [3.05, 3.63) is 50.4 Å². The highest BCUT2D eigenvalue weighted by Crippen LogP contribution is 2.17. The summed E-state index contributed by atoms with van der Waals surface area (Å²) in [5, 5.41) is 6.99. The predicted molar refractivity (Wildman–Crippen MR) is 71.8 cm³/mol. The van der Waals surface area contributed by atoms with E-state index in [0.29, 0.717) is 22.8 Å². The number of carbonyl (C=O) groups excluding carboxylic acids is 1. The van der Waals surface area contributed by atoms with Crippen LogP contribution in [0.3, 0.4) is 0 Å². The lowest BCUT2D eigenvalue weighted by Gasteiger charge is -2.05. The second-order valence-corrected chi connectivity index (χ2v) is 4.90. The van der Waals surface area contributed by atoms with Gasteiger partial charge >= 0.3 is 0 Å². The Kier molecular flexibility index (Phi) is 4.01. The third kappa shape index (κ3) is 3.19. The van der Waals surface area contributed by atoms with Gasteiger partial charge in [0, 0.05) is 14.7 Å². The van der Waals surface area contributed by atoms with E-state index in [1.54, 1.807) is 24.3 Å². The summed E-state index contributed by atoms with van der Waals surface area (Å²) in [5.41, 5.74) is 1.23. The van der Waals surface area contributed by atoms with Crippen LogP contribution in [0.2, 0.25) is 5.02 Å². The summed E-state index contributed by atoms with van der Waals surface area (Å²) in [5.74, 6) is -0.181. The molecular weight excluding hydrogens is 354 g/mol. The maximum atomic E-state index is 11.9. The van der Waals surface area contributed by atoms with Crippen LogP contribution in [0.25, 0.3) is 0 Å². The zero-order chi connectivity index (χ0) is 12.3. The summed E-state index contributed by atoms with van der Waals surface area (Å²) in [6.07, 6.45) is 1.46. The molecule has 1 aromatic carbocycles. The average molecular weight is 363 g/mol. The van der Waals surface area contributed by atoms with E-state index in [9.17, 15) is 4.79 Å². The van der Waals surface area contributed by atoms with Gasteiger partial charge in [-0.25, -0.2) is 0 Å². The highest BCUT2D eigenvalue weighted by Gasteiger charge is 2.10. The molecule has 0 saturated heterocycles. The first-order valence-electron chi connectivity index (χ1n) is 4.79. The molecular formula is C11H8ClIN2O2. The molecule has 0 fully saturated rings. The fraction of sp³-hybridized carbons (Fsp3) is 0.0909. The van der Waals surface area contributed by atoms with Gasteiger partial charge in [0.15, 0.2) is 0 Å². The van der Waals surface area contributed by atoms with Crippen LogP contribution in [-0.2, 0) is 6.54 Å². The molecule has 1 aromatic heterocycles. The van der Waals surface area contributed by atoms with Crippen LogP contribution in [0.5, 0.6) is 0 Å². The number of nitrogens with zero attached hydrogens (tertiary/aromatic N) is 1. The van der Waals surface area contributed by atoms with Crippen molar-refractivity contribution in [2.45, 2.75) is 6.54 Å². The number of rotatable bonds is 3. The topological polar surface area (TPSA) is 55.1 Å². The van der Waals surface area contributed by atoms with E-state index >= 15 is 0 Å². The SMILES string of the molecule is O=C(NCc1ccon1)c1cc(Cl)ccc1I. The van der Waals surface area contributed by atoms with Crippen molar-refractivity contribution in [2.75, 3.05) is 0 Å². The van der Waals surface area contributed by atoms with Crippen LogP contribution in [0.4, 0.5) is 0 Å². The van der Waals surface area contributed by atoms with Crippen LogP contribution in [-0.4, -0.2) is 11.1 Å². The van der Waals surface area contributed by atoms with Gasteiger partial charge in [0.2, 0.25) is 0 Å². The molecule has 0 aliphatic heterocycles. The standard InChI is InChI=1S/C11H8ClIN2O2/c12-7-1-2-10(13)9(5-7)11(16)14-6-8-3-4-17-15-8/h1-5H,6H2,(H,14,16). The third-order valence-corrected chi connectivity index (χ3v) is 3.27. The minimum Gasteiger partial charge on any atom is -0.364 e. The van der Waals surface area contributed by atoms with Gasteiger partial charge in [-0.3, -0.25) is 4.79 Å². The molecule has 1 N–H and O–H groups in total. The molecule has 17 heavy (non-hydrogen) atoms. The Labute approximate surface area is 116 Å². The Morgan fingerprint density at radius 1 is 1.47 bits per heavy atom. The van der Waals surface area contributed by atoms with Crippen LogP contribution in [0.1, 0.15) is 16.1 Å². The largest absolute Gasteiger partial charge is 0.364 e. The maximum absolute atomic E-state index is 11.9. The quantitative estimate of drug-likeness (QED) is 0.854. The van der Waals surface area contributed by atoms with Gasteiger partial charge in [-0.15, -0.1) is 0 Å². The Balaban J connectivity index is 2.07. The molecule has 0 radical (unpaired) electrons. The first kappa shape index (κ1) is 12.4. The lowest BCUT2D eigenvalue weighted by atomic mass is 10.2. The second kappa shape index (κ2) is 5.50. The monoisotopic (exact) mass is 362 g/mol. The van der Waals surface area contributed by atoms with E-state index in [1.807, 2.05) is 0 Å². The number of benzene rings is 1. The van der Waals surface area contributed by atoms with Gasteiger partial charge in [-0.05, 0) is 40.8 Å². The molecule has 0 saturated carbocycles. The van der Waals surface area contributed by atoms with Crippen LogP contribution in [0.15, 0.2) is 35.1 Å². The van der Waals surface area contributed by atoms with Crippen molar-refractivity contribution < 1.29 is 9.32 Å². The minimum atomic E-state index is -0.181. The molecule has 0 spiro atoms. The molecule has 0 bridgehead atoms. The van der Waals surface area contributed by atoms with Crippen LogP contribution in [0, 0.1) is 3.57 Å². The lowest BCUT2D eigenvalue weighted by molar-refractivity contribution is 0.0949. The summed E-state index contributed by atoms with van der Waals surface area (Å²) >= 11 is 7.94. The van der Waals surface area contributed by atoms with E-state index in [0.717, 1.165) is 3.57 Å². The number of nitrogens with one attached hydrogen (secondary N) is 1. The van der Waals surface area contributed by atoms with Crippen molar-refractivity contribution in [3.8, 4) is 0 Å². The van der Waals surface area contributed by atoms with Crippen LogP contribution < -0.4 is 5.32 Å². The summed E-state index contributed by atoms with van der Waals surface area (Å²) < 4.78 is 5.52. The van der Waals surface area contributed by atoms with Gasteiger partial charge in [-0.2, -0.15) is 0 Å². The third-order valence-electron chi connectivity index (χ3n) is 2.09. The predicted octanol–water partition coefficient (Wildman–Crippen LogP) is 2.86. The second-order valence-electron chi connectivity index (χ2n) is 3.30. The van der Waals surface area contributed by atoms with Crippen LogP contribution >= 0.6 is 34.2 Å². The first-order valence-corrected chi connectivity index (χ1v) is 6.25. The normalized spacial score (nSPS) is 10.2. The van der Waals surface area contributed by atoms with Crippen molar-refractivity contribution in [2.24, 2.45) is 0 Å². The fourth-order valence-corrected chi connectivity index (χ4v) is 2.02. The van der Waals surface area contributed by atoms with Crippen molar-refractivity contribution >= 4 is 40.1 Å². The van der Waals surface area contributed by atoms with Gasteiger partial charge in [0.25, 0.3) is 5.91 Å². The van der Waals surface area contributed by atoms with Gasteiger partial charge in [-0.1, -0.05) is 16.8 Å². The number of hydrogen-bond donors (Lipinski definition) is 1. The molecule has 0 aliphatic rings. The molecule has 1 heterocycles. The fourth-order valence-electron chi connectivity index (χ4n) is 1.27. The zero-order valence-electron chi connectivity index (χ0n) is 8.61. The summed E-state index contributed by atoms with van der Waals surface area (Å²) in [7, 11) is 0. The Hall–Kier alpha value is -1.08. The van der Waals surface area contributed by atoms with E-state index in [-0.39, 0.29) is 5.91 Å². The molecule has 2 rings (SSSR count). The van der Waals surface area contributed by atoms with Crippen molar-refractivity contribution in [3.63, 3.8) is 0 Å². The highest BCUT2D eigenvalue weighted by atomic mass is 127. The van der Waals surface area contributed by atoms with Crippen molar-refractivity contribution in [1.29, 1.82) is 0 Å². The average Bonchev–Trinajstić information content (AvgIpc) is 2.82. The highest BCUT2D eigenvalue weighted by molar-refractivity contribution is 14.1. The molecule has 2 aromatic rings. The molecule has 6 heteroatoms.